The number of hydrogen-bond donors (Lipinski definition) is 2. The quantitative estimate of drug-likeness (QED) is 0.379. The number of nitrogens with zero attached hydrogens (tertiary/aromatic N) is 1. The van der Waals surface area contributed by atoms with Crippen LogP contribution in [0.5, 0.6) is 0 Å². The third-order valence-corrected chi connectivity index (χ3v) is 5.25. The Morgan fingerprint density at radius 1 is 1.14 bits per heavy atom. The minimum atomic E-state index is -4.99. The first kappa shape index (κ1) is 28.1. The van der Waals surface area contributed by atoms with Crippen LogP contribution in [0.1, 0.15) is 64.2 Å². The molecule has 1 heterocycles. The van der Waals surface area contributed by atoms with E-state index in [4.69, 9.17) is 4.74 Å². The number of rotatable bonds is 5. The summed E-state index contributed by atoms with van der Waals surface area (Å²) in [6, 6.07) is 5.32. The molecule has 0 aliphatic carbocycles. The fourth-order valence-electron chi connectivity index (χ4n) is 3.71. The van der Waals surface area contributed by atoms with E-state index in [1.54, 1.807) is 27.7 Å². The first-order valence-corrected chi connectivity index (χ1v) is 10.9. The third kappa shape index (κ3) is 7.69. The Kier molecular flexibility index (Phi) is 8.23. The Balaban J connectivity index is 2.32. The molecule has 1 aromatic heterocycles. The lowest BCUT2D eigenvalue weighted by molar-refractivity contribution is -0.264. The molecule has 2 aromatic rings. The number of amides is 1. The van der Waals surface area contributed by atoms with Gasteiger partial charge in [0.2, 0.25) is 0 Å². The molecule has 1 atom stereocenters. The van der Waals surface area contributed by atoms with Crippen LogP contribution in [0.25, 0.3) is 0 Å². The molecule has 2 rings (SSSR count). The molecular formula is C26H30F4N2O3. The Labute approximate surface area is 202 Å². The van der Waals surface area contributed by atoms with Gasteiger partial charge in [0.25, 0.3) is 0 Å². The number of alkyl halides is 3. The summed E-state index contributed by atoms with van der Waals surface area (Å²) in [5.74, 6) is 4.40. The smallest absolute Gasteiger partial charge is 0.418 e. The summed E-state index contributed by atoms with van der Waals surface area (Å²) in [7, 11) is 0. The molecule has 9 heteroatoms. The summed E-state index contributed by atoms with van der Waals surface area (Å²) in [4.78, 5) is 16.0. The second kappa shape index (κ2) is 10.2. The van der Waals surface area contributed by atoms with E-state index in [1.807, 2.05) is 0 Å². The number of carbonyl (C=O) groups is 1. The normalized spacial score (nSPS) is 13.9. The molecule has 35 heavy (non-hydrogen) atoms. The number of aliphatic hydroxyl groups is 1. The predicted octanol–water partition coefficient (Wildman–Crippen LogP) is 6.28. The van der Waals surface area contributed by atoms with Gasteiger partial charge in [0.05, 0.1) is 17.4 Å². The number of halogens is 4. The van der Waals surface area contributed by atoms with E-state index in [0.29, 0.717) is 11.1 Å². The van der Waals surface area contributed by atoms with Crippen LogP contribution in [-0.2, 0) is 10.2 Å². The predicted molar refractivity (Wildman–Crippen MR) is 125 cm³/mol. The Morgan fingerprint density at radius 3 is 2.40 bits per heavy atom. The summed E-state index contributed by atoms with van der Waals surface area (Å²) >= 11 is 0. The number of nitrogens with one attached hydrogen (secondary N) is 1. The van der Waals surface area contributed by atoms with E-state index in [1.165, 1.54) is 50.5 Å². The first-order chi connectivity index (χ1) is 15.9. The van der Waals surface area contributed by atoms with E-state index in [9.17, 15) is 27.5 Å². The molecule has 5 nitrogen and oxygen atoms in total. The Hall–Kier alpha value is -3.12. The average molecular weight is 495 g/mol. The third-order valence-electron chi connectivity index (χ3n) is 5.25. The van der Waals surface area contributed by atoms with Crippen LogP contribution in [0.4, 0.5) is 28.0 Å². The van der Waals surface area contributed by atoms with E-state index in [-0.39, 0.29) is 11.3 Å². The molecule has 1 unspecified atom stereocenters. The average Bonchev–Trinajstić information content (AvgIpc) is 2.68. The van der Waals surface area contributed by atoms with Gasteiger partial charge in [-0.2, -0.15) is 13.2 Å². The zero-order valence-corrected chi connectivity index (χ0v) is 20.6. The van der Waals surface area contributed by atoms with Crippen molar-refractivity contribution >= 4 is 11.8 Å². The first-order valence-electron chi connectivity index (χ1n) is 10.9. The number of pyridine rings is 1. The topological polar surface area (TPSA) is 71.5 Å². The Bertz CT molecular complexity index is 1130. The summed E-state index contributed by atoms with van der Waals surface area (Å²) < 4.78 is 60.9. The zero-order valence-electron chi connectivity index (χ0n) is 20.6. The molecule has 190 valence electrons. The lowest BCUT2D eigenvalue weighted by atomic mass is 9.72. The second-order valence-electron chi connectivity index (χ2n) is 10.1. The van der Waals surface area contributed by atoms with E-state index in [0.717, 1.165) is 0 Å². The fourth-order valence-corrected chi connectivity index (χ4v) is 3.71. The fraction of sp³-hybridized carbons (Fsp3) is 0.462. The molecule has 1 aromatic carbocycles. The van der Waals surface area contributed by atoms with Gasteiger partial charge in [-0.3, -0.25) is 10.3 Å². The minimum Gasteiger partial charge on any atom is -0.444 e. The van der Waals surface area contributed by atoms with Gasteiger partial charge >= 0.3 is 12.3 Å². The van der Waals surface area contributed by atoms with Crippen molar-refractivity contribution in [3.63, 3.8) is 0 Å². The number of ether oxygens (including phenoxy) is 1. The van der Waals surface area contributed by atoms with Crippen molar-refractivity contribution < 1.29 is 32.2 Å². The van der Waals surface area contributed by atoms with Crippen molar-refractivity contribution in [1.29, 1.82) is 0 Å². The SMILES string of the molecule is Cc1ccc(F)cc1C(C)(C)CC(O)(CC#Cc1ccncc1NC(=O)OC(C)(C)C)C(F)(F)F. The highest BCUT2D eigenvalue weighted by atomic mass is 19.4. The largest absolute Gasteiger partial charge is 0.444 e. The highest BCUT2D eigenvalue weighted by molar-refractivity contribution is 5.86. The molecule has 0 saturated heterocycles. The maximum Gasteiger partial charge on any atom is 0.418 e. The summed E-state index contributed by atoms with van der Waals surface area (Å²) in [6.45, 7) is 9.75. The van der Waals surface area contributed by atoms with Gasteiger partial charge in [-0.05, 0) is 68.9 Å². The molecule has 0 aliphatic rings. The van der Waals surface area contributed by atoms with Gasteiger partial charge in [-0.25, -0.2) is 9.18 Å². The monoisotopic (exact) mass is 494 g/mol. The van der Waals surface area contributed by atoms with Crippen molar-refractivity contribution in [3.8, 4) is 11.8 Å². The molecule has 1 amide bonds. The maximum atomic E-state index is 14.0. The van der Waals surface area contributed by atoms with Crippen molar-refractivity contribution in [2.75, 3.05) is 5.32 Å². The van der Waals surface area contributed by atoms with Crippen LogP contribution in [-0.4, -0.2) is 33.6 Å². The second-order valence-corrected chi connectivity index (χ2v) is 10.1. The number of anilines is 1. The highest BCUT2D eigenvalue weighted by Crippen LogP contribution is 2.43. The van der Waals surface area contributed by atoms with Crippen LogP contribution in [0.2, 0.25) is 0 Å². The van der Waals surface area contributed by atoms with E-state index in [2.05, 4.69) is 22.1 Å². The minimum absolute atomic E-state index is 0.153. The number of hydrogen-bond acceptors (Lipinski definition) is 4. The van der Waals surface area contributed by atoms with Gasteiger partial charge in [-0.15, -0.1) is 0 Å². The van der Waals surface area contributed by atoms with Crippen LogP contribution >= 0.6 is 0 Å². The molecule has 0 fully saturated rings. The molecule has 0 bridgehead atoms. The summed E-state index contributed by atoms with van der Waals surface area (Å²) in [5, 5.41) is 13.2. The van der Waals surface area contributed by atoms with E-state index < -0.39 is 47.5 Å². The van der Waals surface area contributed by atoms with Crippen molar-refractivity contribution in [3.05, 3.63) is 59.2 Å². The molecule has 0 saturated carbocycles. The van der Waals surface area contributed by atoms with Crippen LogP contribution in [0.15, 0.2) is 36.7 Å². The van der Waals surface area contributed by atoms with Gasteiger partial charge in [0, 0.05) is 12.6 Å². The van der Waals surface area contributed by atoms with Crippen LogP contribution in [0, 0.1) is 24.6 Å². The summed E-state index contributed by atoms with van der Waals surface area (Å²) in [6.07, 6.45) is -4.76. The maximum absolute atomic E-state index is 14.0. The van der Waals surface area contributed by atoms with Crippen molar-refractivity contribution in [2.45, 2.75) is 77.2 Å². The highest BCUT2D eigenvalue weighted by Gasteiger charge is 2.55. The van der Waals surface area contributed by atoms with Gasteiger partial charge in [0.15, 0.2) is 5.60 Å². The lowest BCUT2D eigenvalue weighted by Crippen LogP contribution is -2.49. The molecule has 0 spiro atoms. The molecule has 0 aliphatic heterocycles. The number of benzene rings is 1. The summed E-state index contributed by atoms with van der Waals surface area (Å²) in [5.41, 5.74) is -3.79. The number of aromatic nitrogens is 1. The Morgan fingerprint density at radius 2 is 1.80 bits per heavy atom. The van der Waals surface area contributed by atoms with Crippen LogP contribution < -0.4 is 5.32 Å². The van der Waals surface area contributed by atoms with Gasteiger partial charge < -0.3 is 9.84 Å². The van der Waals surface area contributed by atoms with Crippen molar-refractivity contribution in [1.82, 2.24) is 4.98 Å². The molecule has 0 radical (unpaired) electrons. The molecule has 2 N–H and O–H groups in total. The number of carbonyl (C=O) groups excluding carboxylic acids is 1. The number of aryl methyl sites for hydroxylation is 1. The molecular weight excluding hydrogens is 464 g/mol. The van der Waals surface area contributed by atoms with Crippen LogP contribution in [0.3, 0.4) is 0 Å². The van der Waals surface area contributed by atoms with E-state index >= 15 is 0 Å². The standard InChI is InChI=1S/C26H30F4N2O3/c1-17-9-10-19(27)14-20(17)24(5,6)16-25(34,26(28,29)30)12-7-8-18-11-13-31-15-21(18)32-22(33)35-23(2,3)4/h9-11,13-15,34H,12,16H2,1-6H3,(H,32,33). The lowest BCUT2D eigenvalue weighted by Gasteiger charge is -2.37. The van der Waals surface area contributed by atoms with Crippen molar-refractivity contribution in [2.24, 2.45) is 0 Å². The van der Waals surface area contributed by atoms with Gasteiger partial charge in [0.1, 0.15) is 11.4 Å². The van der Waals surface area contributed by atoms with Gasteiger partial charge in [-0.1, -0.05) is 31.8 Å². The zero-order chi connectivity index (χ0) is 26.7.